The Bertz CT molecular complexity index is 532. The number of rotatable bonds is 4. The molecule has 0 radical (unpaired) electrons. The normalized spacial score (nSPS) is 22.7. The lowest BCUT2D eigenvalue weighted by molar-refractivity contribution is -0.126. The third kappa shape index (κ3) is 3.95. The van der Waals surface area contributed by atoms with Gasteiger partial charge in [-0.25, -0.2) is 0 Å². The monoisotopic (exact) mass is 290 g/mol. The lowest BCUT2D eigenvalue weighted by Crippen LogP contribution is -2.48. The predicted octanol–water partition coefficient (Wildman–Crippen LogP) is 0.793. The van der Waals surface area contributed by atoms with E-state index >= 15 is 0 Å². The molecule has 0 aromatic heterocycles. The molecule has 114 valence electrons. The first-order valence-corrected chi connectivity index (χ1v) is 7.15. The van der Waals surface area contributed by atoms with Crippen LogP contribution in [0.25, 0.3) is 0 Å². The van der Waals surface area contributed by atoms with Crippen molar-refractivity contribution < 1.29 is 9.59 Å². The number of nitrogens with two attached hydrogens (primary N) is 2. The minimum atomic E-state index is -0.292. The summed E-state index contributed by atoms with van der Waals surface area (Å²) in [7, 11) is 0. The van der Waals surface area contributed by atoms with E-state index in [0.717, 1.165) is 12.8 Å². The smallest absolute Gasteiger partial charge is 0.238 e. The fourth-order valence-electron chi connectivity index (χ4n) is 2.62. The zero-order chi connectivity index (χ0) is 15.4. The Morgan fingerprint density at radius 1 is 1.33 bits per heavy atom. The summed E-state index contributed by atoms with van der Waals surface area (Å²) < 4.78 is 0. The first kappa shape index (κ1) is 15.3. The zero-order valence-corrected chi connectivity index (χ0v) is 12.2. The molecule has 1 aromatic rings. The topological polar surface area (TPSA) is 101 Å². The van der Waals surface area contributed by atoms with Gasteiger partial charge < -0.3 is 16.8 Å². The van der Waals surface area contributed by atoms with Crippen molar-refractivity contribution in [3.8, 4) is 0 Å². The van der Waals surface area contributed by atoms with Crippen LogP contribution in [-0.2, 0) is 9.59 Å². The summed E-state index contributed by atoms with van der Waals surface area (Å²) in [6, 6.07) is 7.40. The van der Waals surface area contributed by atoms with E-state index in [0.29, 0.717) is 17.9 Å². The maximum absolute atomic E-state index is 12.1. The summed E-state index contributed by atoms with van der Waals surface area (Å²) >= 11 is 0. The number of piperidine rings is 1. The van der Waals surface area contributed by atoms with Gasteiger partial charge in [-0.05, 0) is 31.9 Å². The van der Waals surface area contributed by atoms with E-state index in [4.69, 9.17) is 11.5 Å². The molecule has 21 heavy (non-hydrogen) atoms. The number of nitrogens with one attached hydrogen (secondary N) is 1. The van der Waals surface area contributed by atoms with Gasteiger partial charge in [0.25, 0.3) is 0 Å². The van der Waals surface area contributed by atoms with Crippen molar-refractivity contribution in [1.29, 1.82) is 0 Å². The summed E-state index contributed by atoms with van der Waals surface area (Å²) in [6.45, 7) is 2.83. The maximum atomic E-state index is 12.1. The van der Waals surface area contributed by atoms with Crippen LogP contribution in [0.5, 0.6) is 0 Å². The first-order valence-electron chi connectivity index (χ1n) is 7.15. The Balaban J connectivity index is 1.95. The van der Waals surface area contributed by atoms with Gasteiger partial charge in [0.1, 0.15) is 0 Å². The molecule has 6 nitrogen and oxygen atoms in total. The van der Waals surface area contributed by atoms with Gasteiger partial charge in [0.05, 0.1) is 23.8 Å². The van der Waals surface area contributed by atoms with Crippen molar-refractivity contribution in [2.45, 2.75) is 25.8 Å². The van der Waals surface area contributed by atoms with Gasteiger partial charge in [-0.2, -0.15) is 0 Å². The molecule has 6 heteroatoms. The average molecular weight is 290 g/mol. The van der Waals surface area contributed by atoms with Crippen LogP contribution in [0.15, 0.2) is 24.3 Å². The highest BCUT2D eigenvalue weighted by molar-refractivity contribution is 5.95. The Hall–Kier alpha value is -2.08. The van der Waals surface area contributed by atoms with Crippen molar-refractivity contribution in [3.63, 3.8) is 0 Å². The Labute approximate surface area is 124 Å². The Kier molecular flexibility index (Phi) is 4.80. The molecule has 1 aliphatic rings. The third-order valence-corrected chi connectivity index (χ3v) is 4.00. The van der Waals surface area contributed by atoms with Crippen molar-refractivity contribution in [1.82, 2.24) is 4.90 Å². The van der Waals surface area contributed by atoms with Crippen LogP contribution in [0.1, 0.15) is 19.8 Å². The van der Waals surface area contributed by atoms with Crippen LogP contribution in [0.3, 0.4) is 0 Å². The van der Waals surface area contributed by atoms with Crippen molar-refractivity contribution >= 4 is 23.2 Å². The van der Waals surface area contributed by atoms with E-state index in [1.165, 1.54) is 0 Å². The quantitative estimate of drug-likeness (QED) is 0.714. The van der Waals surface area contributed by atoms with Crippen LogP contribution in [0.2, 0.25) is 0 Å². The minimum Gasteiger partial charge on any atom is -0.397 e. The molecule has 2 unspecified atom stereocenters. The highest BCUT2D eigenvalue weighted by Crippen LogP contribution is 2.22. The van der Waals surface area contributed by atoms with Crippen molar-refractivity contribution in [2.24, 2.45) is 11.7 Å². The van der Waals surface area contributed by atoms with Gasteiger partial charge in [-0.15, -0.1) is 0 Å². The number of hydrogen-bond acceptors (Lipinski definition) is 4. The van der Waals surface area contributed by atoms with E-state index in [1.807, 2.05) is 17.0 Å². The Morgan fingerprint density at radius 2 is 2.05 bits per heavy atom. The number of likely N-dealkylation sites (tertiary alicyclic amines) is 1. The molecule has 0 saturated carbocycles. The minimum absolute atomic E-state index is 0.134. The van der Waals surface area contributed by atoms with Crippen LogP contribution >= 0.6 is 0 Å². The molecule has 1 aromatic carbocycles. The van der Waals surface area contributed by atoms with Gasteiger partial charge in [-0.1, -0.05) is 12.1 Å². The maximum Gasteiger partial charge on any atom is 0.238 e. The van der Waals surface area contributed by atoms with Gasteiger partial charge in [0.2, 0.25) is 11.8 Å². The second-order valence-electron chi connectivity index (χ2n) is 5.59. The van der Waals surface area contributed by atoms with Gasteiger partial charge >= 0.3 is 0 Å². The van der Waals surface area contributed by atoms with Crippen LogP contribution in [-0.4, -0.2) is 35.8 Å². The van der Waals surface area contributed by atoms with Gasteiger partial charge in [-0.3, -0.25) is 14.5 Å². The molecular weight excluding hydrogens is 268 g/mol. The Morgan fingerprint density at radius 3 is 2.71 bits per heavy atom. The fraction of sp³-hybridized carbons (Fsp3) is 0.467. The summed E-state index contributed by atoms with van der Waals surface area (Å²) in [5.74, 6) is -0.597. The van der Waals surface area contributed by atoms with E-state index in [1.54, 1.807) is 12.1 Å². The number of amides is 2. The second-order valence-corrected chi connectivity index (χ2v) is 5.59. The molecule has 2 rings (SSSR count). The molecule has 0 bridgehead atoms. The lowest BCUT2D eigenvalue weighted by atomic mass is 9.93. The standard InChI is InChI=1S/C15H22N4O2/c1-10-6-7-11(15(17)21)8-19(10)9-14(20)18-13-5-3-2-4-12(13)16/h2-5,10-11H,6-9,16H2,1H3,(H2,17,21)(H,18,20). The summed E-state index contributed by atoms with van der Waals surface area (Å²) in [5.41, 5.74) is 12.3. The molecule has 1 saturated heterocycles. The van der Waals surface area contributed by atoms with Gasteiger partial charge in [0.15, 0.2) is 0 Å². The van der Waals surface area contributed by atoms with E-state index < -0.39 is 0 Å². The lowest BCUT2D eigenvalue weighted by Gasteiger charge is -2.36. The number of nitrogens with zero attached hydrogens (tertiary/aromatic N) is 1. The number of anilines is 2. The SMILES string of the molecule is CC1CCC(C(N)=O)CN1CC(=O)Nc1ccccc1N. The number of hydrogen-bond donors (Lipinski definition) is 3. The highest BCUT2D eigenvalue weighted by atomic mass is 16.2. The molecule has 5 N–H and O–H groups in total. The zero-order valence-electron chi connectivity index (χ0n) is 12.2. The molecule has 0 aliphatic carbocycles. The number of primary amides is 1. The predicted molar refractivity (Wildman–Crippen MR) is 82.4 cm³/mol. The number of nitrogen functional groups attached to an aromatic ring is 1. The number of carbonyl (C=O) groups excluding carboxylic acids is 2. The largest absolute Gasteiger partial charge is 0.397 e. The molecule has 0 spiro atoms. The molecule has 1 aliphatic heterocycles. The number of carbonyl (C=O) groups is 2. The average Bonchev–Trinajstić information content (AvgIpc) is 2.43. The fourth-order valence-corrected chi connectivity index (χ4v) is 2.62. The third-order valence-electron chi connectivity index (χ3n) is 4.00. The second kappa shape index (κ2) is 6.58. The summed E-state index contributed by atoms with van der Waals surface area (Å²) in [4.78, 5) is 25.4. The number of benzene rings is 1. The van der Waals surface area contributed by atoms with Crippen molar-refractivity contribution in [2.75, 3.05) is 24.1 Å². The number of para-hydroxylation sites is 2. The molecule has 2 atom stereocenters. The summed E-state index contributed by atoms with van der Waals surface area (Å²) in [5, 5.41) is 2.80. The van der Waals surface area contributed by atoms with Crippen LogP contribution in [0, 0.1) is 5.92 Å². The van der Waals surface area contributed by atoms with Gasteiger partial charge in [0, 0.05) is 12.6 Å². The van der Waals surface area contributed by atoms with E-state index in [2.05, 4.69) is 12.2 Å². The molecule has 1 heterocycles. The molecule has 2 amide bonds. The van der Waals surface area contributed by atoms with Crippen LogP contribution in [0.4, 0.5) is 11.4 Å². The summed E-state index contributed by atoms with van der Waals surface area (Å²) in [6.07, 6.45) is 1.66. The molecular formula is C15H22N4O2. The highest BCUT2D eigenvalue weighted by Gasteiger charge is 2.29. The van der Waals surface area contributed by atoms with Crippen molar-refractivity contribution in [3.05, 3.63) is 24.3 Å². The van der Waals surface area contributed by atoms with E-state index in [-0.39, 0.29) is 30.3 Å². The van der Waals surface area contributed by atoms with Crippen LogP contribution < -0.4 is 16.8 Å². The molecule has 1 fully saturated rings. The first-order chi connectivity index (χ1) is 9.97. The van der Waals surface area contributed by atoms with E-state index in [9.17, 15) is 9.59 Å².